The summed E-state index contributed by atoms with van der Waals surface area (Å²) < 4.78 is 10.5. The van der Waals surface area contributed by atoms with E-state index in [9.17, 15) is 14.4 Å². The molecule has 2 aromatic carbocycles. The van der Waals surface area contributed by atoms with E-state index in [4.69, 9.17) is 9.47 Å². The van der Waals surface area contributed by atoms with Gasteiger partial charge in [0.25, 0.3) is 5.91 Å². The second-order valence-corrected chi connectivity index (χ2v) is 7.06. The van der Waals surface area contributed by atoms with E-state index in [2.05, 4.69) is 0 Å². The quantitative estimate of drug-likeness (QED) is 0.684. The zero-order valence-electron chi connectivity index (χ0n) is 17.7. The maximum absolute atomic E-state index is 13.3. The second kappa shape index (κ2) is 8.98. The molecule has 0 saturated carbocycles. The Labute approximate surface area is 176 Å². The Morgan fingerprint density at radius 1 is 1.00 bits per heavy atom. The molecular formula is C23H26N2O5. The summed E-state index contributed by atoms with van der Waals surface area (Å²) in [7, 11) is 0. The molecule has 0 spiro atoms. The van der Waals surface area contributed by atoms with Crippen molar-refractivity contribution in [3.8, 4) is 5.75 Å². The van der Waals surface area contributed by atoms with Gasteiger partial charge >= 0.3 is 5.97 Å². The topological polar surface area (TPSA) is 76.2 Å². The molecule has 0 radical (unpaired) electrons. The summed E-state index contributed by atoms with van der Waals surface area (Å²) in [6, 6.07) is 10.6. The number of hydrogen-bond acceptors (Lipinski definition) is 5. The van der Waals surface area contributed by atoms with E-state index in [1.54, 1.807) is 31.2 Å². The normalized spacial score (nSPS) is 13.1. The van der Waals surface area contributed by atoms with Crippen LogP contribution in [0.3, 0.4) is 0 Å². The number of fused-ring (bicyclic) bond motifs is 1. The highest BCUT2D eigenvalue weighted by molar-refractivity contribution is 6.17. The first-order valence-corrected chi connectivity index (χ1v) is 9.97. The average molecular weight is 410 g/mol. The molecule has 0 unspecified atom stereocenters. The summed E-state index contributed by atoms with van der Waals surface area (Å²) in [4.78, 5) is 41.1. The number of benzene rings is 2. The summed E-state index contributed by atoms with van der Waals surface area (Å²) in [5.41, 5.74) is 3.49. The van der Waals surface area contributed by atoms with Crippen LogP contribution in [0.5, 0.6) is 5.75 Å². The van der Waals surface area contributed by atoms with Gasteiger partial charge in [-0.1, -0.05) is 6.07 Å². The fourth-order valence-electron chi connectivity index (χ4n) is 3.39. The van der Waals surface area contributed by atoms with Crippen molar-refractivity contribution in [3.63, 3.8) is 0 Å². The van der Waals surface area contributed by atoms with E-state index in [0.29, 0.717) is 29.3 Å². The minimum atomic E-state index is -0.487. The van der Waals surface area contributed by atoms with Crippen molar-refractivity contribution in [2.24, 2.45) is 0 Å². The summed E-state index contributed by atoms with van der Waals surface area (Å²) in [6.07, 6.45) is 0. The molecule has 0 aliphatic carbocycles. The molecular weight excluding hydrogens is 384 g/mol. The van der Waals surface area contributed by atoms with Gasteiger partial charge in [-0.3, -0.25) is 24.2 Å². The number of carbonyl (C=O) groups excluding carboxylic acids is 3. The fourth-order valence-corrected chi connectivity index (χ4v) is 3.39. The molecule has 0 saturated heterocycles. The molecule has 1 heterocycles. The molecule has 30 heavy (non-hydrogen) atoms. The first-order chi connectivity index (χ1) is 14.3. The summed E-state index contributed by atoms with van der Waals surface area (Å²) in [6.45, 7) is 7.84. The van der Waals surface area contributed by atoms with Gasteiger partial charge in [0.05, 0.1) is 24.6 Å². The molecule has 7 heteroatoms. The van der Waals surface area contributed by atoms with Gasteiger partial charge in [0.1, 0.15) is 18.8 Å². The average Bonchev–Trinajstić information content (AvgIpc) is 2.71. The second-order valence-electron chi connectivity index (χ2n) is 7.06. The van der Waals surface area contributed by atoms with Crippen LogP contribution < -0.4 is 14.5 Å². The Balaban J connectivity index is 2.01. The SMILES string of the molecule is CCOC(=O)CN1C(=O)CN(C(=O)c2cccc(OCC)c2)c2cc(C)c(C)cc21. The highest BCUT2D eigenvalue weighted by atomic mass is 16.5. The number of nitrogens with zero attached hydrogens (tertiary/aromatic N) is 2. The molecule has 3 rings (SSSR count). The molecule has 2 aromatic rings. The van der Waals surface area contributed by atoms with Crippen LogP contribution in [0.2, 0.25) is 0 Å². The Kier molecular flexibility index (Phi) is 6.40. The van der Waals surface area contributed by atoms with E-state index in [-0.39, 0.29) is 31.5 Å². The van der Waals surface area contributed by atoms with Crippen LogP contribution >= 0.6 is 0 Å². The third-order valence-corrected chi connectivity index (χ3v) is 5.00. The van der Waals surface area contributed by atoms with Crippen LogP contribution in [0, 0.1) is 13.8 Å². The maximum atomic E-state index is 13.3. The smallest absolute Gasteiger partial charge is 0.326 e. The maximum Gasteiger partial charge on any atom is 0.326 e. The van der Waals surface area contributed by atoms with Gasteiger partial charge in [0.2, 0.25) is 5.91 Å². The van der Waals surface area contributed by atoms with Gasteiger partial charge in [-0.25, -0.2) is 0 Å². The molecule has 0 fully saturated rings. The Bertz CT molecular complexity index is 986. The van der Waals surface area contributed by atoms with Crippen LogP contribution in [0.4, 0.5) is 11.4 Å². The molecule has 0 aromatic heterocycles. The summed E-state index contributed by atoms with van der Waals surface area (Å²) in [5, 5.41) is 0. The zero-order valence-corrected chi connectivity index (χ0v) is 17.7. The van der Waals surface area contributed by atoms with Crippen molar-refractivity contribution in [2.45, 2.75) is 27.7 Å². The van der Waals surface area contributed by atoms with Crippen molar-refractivity contribution in [3.05, 3.63) is 53.1 Å². The van der Waals surface area contributed by atoms with Crippen molar-refractivity contribution >= 4 is 29.2 Å². The van der Waals surface area contributed by atoms with Crippen LogP contribution in [0.1, 0.15) is 35.3 Å². The number of esters is 1. The lowest BCUT2D eigenvalue weighted by molar-refractivity contribution is -0.142. The predicted molar refractivity (Wildman–Crippen MR) is 114 cm³/mol. The third kappa shape index (κ3) is 4.30. The lowest BCUT2D eigenvalue weighted by atomic mass is 10.0. The van der Waals surface area contributed by atoms with Crippen molar-refractivity contribution in [1.29, 1.82) is 0 Å². The molecule has 1 aliphatic heterocycles. The lowest BCUT2D eigenvalue weighted by Gasteiger charge is -2.36. The fraction of sp³-hybridized carbons (Fsp3) is 0.348. The summed E-state index contributed by atoms with van der Waals surface area (Å²) in [5.74, 6) is -0.534. The van der Waals surface area contributed by atoms with Gasteiger partial charge in [0.15, 0.2) is 0 Å². The van der Waals surface area contributed by atoms with E-state index in [0.717, 1.165) is 11.1 Å². The molecule has 0 atom stereocenters. The van der Waals surface area contributed by atoms with Gasteiger partial charge < -0.3 is 9.47 Å². The van der Waals surface area contributed by atoms with Crippen LogP contribution in [0.25, 0.3) is 0 Å². The van der Waals surface area contributed by atoms with E-state index in [1.807, 2.05) is 32.9 Å². The predicted octanol–water partition coefficient (Wildman–Crippen LogP) is 3.26. The molecule has 0 bridgehead atoms. The zero-order chi connectivity index (χ0) is 21.8. The Hall–Kier alpha value is -3.35. The van der Waals surface area contributed by atoms with E-state index < -0.39 is 5.97 Å². The first-order valence-electron chi connectivity index (χ1n) is 9.97. The largest absolute Gasteiger partial charge is 0.494 e. The first kappa shape index (κ1) is 21.4. The Morgan fingerprint density at radius 3 is 2.37 bits per heavy atom. The number of carbonyl (C=O) groups is 3. The molecule has 7 nitrogen and oxygen atoms in total. The van der Waals surface area contributed by atoms with Crippen molar-refractivity contribution < 1.29 is 23.9 Å². The van der Waals surface area contributed by atoms with Gasteiger partial charge in [-0.2, -0.15) is 0 Å². The highest BCUT2D eigenvalue weighted by Crippen LogP contribution is 2.37. The van der Waals surface area contributed by atoms with Crippen LogP contribution in [-0.2, 0) is 14.3 Å². The van der Waals surface area contributed by atoms with Gasteiger partial charge in [-0.05, 0) is 69.2 Å². The van der Waals surface area contributed by atoms with Crippen molar-refractivity contribution in [1.82, 2.24) is 0 Å². The number of aryl methyl sites for hydroxylation is 2. The minimum Gasteiger partial charge on any atom is -0.494 e. The van der Waals surface area contributed by atoms with Gasteiger partial charge in [0, 0.05) is 5.56 Å². The van der Waals surface area contributed by atoms with Gasteiger partial charge in [-0.15, -0.1) is 0 Å². The number of anilines is 2. The Morgan fingerprint density at radius 2 is 1.70 bits per heavy atom. The molecule has 2 amide bonds. The minimum absolute atomic E-state index is 0.160. The summed E-state index contributed by atoms with van der Waals surface area (Å²) >= 11 is 0. The number of amides is 2. The molecule has 158 valence electrons. The molecule has 1 aliphatic rings. The standard InChI is InChI=1S/C23H26N2O5/c1-5-29-18-9-7-8-17(12-18)23(28)25-13-21(26)24(14-22(27)30-6-2)19-10-15(3)16(4)11-20(19)25/h7-12H,5-6,13-14H2,1-4H3. The number of rotatable bonds is 6. The lowest BCUT2D eigenvalue weighted by Crippen LogP contribution is -2.50. The monoisotopic (exact) mass is 410 g/mol. The highest BCUT2D eigenvalue weighted by Gasteiger charge is 2.34. The number of hydrogen-bond donors (Lipinski definition) is 0. The van der Waals surface area contributed by atoms with Crippen molar-refractivity contribution in [2.75, 3.05) is 36.1 Å². The molecule has 0 N–H and O–H groups in total. The van der Waals surface area contributed by atoms with E-state index in [1.165, 1.54) is 9.80 Å². The third-order valence-electron chi connectivity index (χ3n) is 5.00. The number of ether oxygens (including phenoxy) is 2. The van der Waals surface area contributed by atoms with Crippen LogP contribution in [0.15, 0.2) is 36.4 Å². The van der Waals surface area contributed by atoms with Crippen LogP contribution in [-0.4, -0.2) is 44.1 Å². The van der Waals surface area contributed by atoms with E-state index >= 15 is 0 Å².